The third-order valence-corrected chi connectivity index (χ3v) is 3.29. The minimum Gasteiger partial charge on any atom is -0.478 e. The summed E-state index contributed by atoms with van der Waals surface area (Å²) >= 11 is 0. The van der Waals surface area contributed by atoms with Gasteiger partial charge in [-0.1, -0.05) is 0 Å². The summed E-state index contributed by atoms with van der Waals surface area (Å²) in [6, 6.07) is 4.66. The topological polar surface area (TPSA) is 69.6 Å². The largest absolute Gasteiger partial charge is 0.478 e. The number of carbonyl (C=O) groups is 2. The van der Waals surface area contributed by atoms with Gasteiger partial charge in [0.2, 0.25) is 5.91 Å². The van der Waals surface area contributed by atoms with Crippen LogP contribution in [0.3, 0.4) is 0 Å². The van der Waals surface area contributed by atoms with Crippen molar-refractivity contribution >= 4 is 17.6 Å². The van der Waals surface area contributed by atoms with Crippen molar-refractivity contribution in [2.75, 3.05) is 18.5 Å². The molecule has 0 spiro atoms. The number of amides is 1. The van der Waals surface area contributed by atoms with E-state index in [2.05, 4.69) is 5.32 Å². The minimum absolute atomic E-state index is 0.0133. The highest BCUT2D eigenvalue weighted by molar-refractivity contribution is 5.99. The molecule has 1 aromatic rings. The first-order chi connectivity index (χ1) is 8.54. The number of likely N-dealkylation sites (N-methyl/N-ethyl adjacent to an activating group) is 1. The molecule has 5 nitrogen and oxygen atoms in total. The van der Waals surface area contributed by atoms with Crippen molar-refractivity contribution in [1.82, 2.24) is 5.32 Å². The summed E-state index contributed by atoms with van der Waals surface area (Å²) in [6.07, 6.45) is 0.707. The summed E-state index contributed by atoms with van der Waals surface area (Å²) in [6.45, 7) is 2.43. The zero-order valence-electron chi connectivity index (χ0n) is 10.4. The third kappa shape index (κ3) is 2.09. The molecule has 0 aromatic heterocycles. The van der Waals surface area contributed by atoms with E-state index in [1.807, 2.05) is 6.92 Å². The predicted octanol–water partition coefficient (Wildman–Crippen LogP) is 0.882. The van der Waals surface area contributed by atoms with Crippen LogP contribution in [0, 0.1) is 0 Å². The molecule has 5 heteroatoms. The van der Waals surface area contributed by atoms with Gasteiger partial charge < -0.3 is 15.3 Å². The summed E-state index contributed by atoms with van der Waals surface area (Å²) < 4.78 is 0. The van der Waals surface area contributed by atoms with Crippen LogP contribution < -0.4 is 10.2 Å². The van der Waals surface area contributed by atoms with Crippen LogP contribution in [-0.4, -0.2) is 36.6 Å². The number of carboxylic acids is 1. The molecule has 1 unspecified atom stereocenters. The van der Waals surface area contributed by atoms with Crippen molar-refractivity contribution in [1.29, 1.82) is 0 Å². The van der Waals surface area contributed by atoms with Crippen LogP contribution in [0.4, 0.5) is 5.69 Å². The Morgan fingerprint density at radius 3 is 2.78 bits per heavy atom. The Morgan fingerprint density at radius 1 is 1.44 bits per heavy atom. The minimum atomic E-state index is -0.939. The Labute approximate surface area is 105 Å². The van der Waals surface area contributed by atoms with Crippen molar-refractivity contribution in [2.24, 2.45) is 0 Å². The molecule has 96 valence electrons. The number of aromatic carboxylic acids is 1. The van der Waals surface area contributed by atoms with Crippen molar-refractivity contribution in [3.8, 4) is 0 Å². The first-order valence-electron chi connectivity index (χ1n) is 5.89. The summed E-state index contributed by atoms with van der Waals surface area (Å²) in [5, 5.41) is 11.8. The van der Waals surface area contributed by atoms with Crippen molar-refractivity contribution in [3.63, 3.8) is 0 Å². The molecule has 1 aliphatic rings. The fourth-order valence-electron chi connectivity index (χ4n) is 2.12. The number of fused-ring (bicyclic) bond motifs is 1. The molecule has 0 radical (unpaired) electrons. The van der Waals surface area contributed by atoms with Gasteiger partial charge in [-0.2, -0.15) is 0 Å². The van der Waals surface area contributed by atoms with Gasteiger partial charge in [0.25, 0.3) is 0 Å². The molecule has 0 aliphatic carbocycles. The molecular formula is C13H16N2O3. The maximum atomic E-state index is 12.1. The van der Waals surface area contributed by atoms with Gasteiger partial charge in [-0.3, -0.25) is 4.79 Å². The van der Waals surface area contributed by atoms with Gasteiger partial charge in [-0.25, -0.2) is 4.79 Å². The molecule has 1 heterocycles. The van der Waals surface area contributed by atoms with Gasteiger partial charge in [0.15, 0.2) is 0 Å². The number of benzene rings is 1. The van der Waals surface area contributed by atoms with E-state index in [-0.39, 0.29) is 17.5 Å². The SMILES string of the molecule is CNC(C)C(=O)N1CCc2cc(C(=O)O)ccc21. The van der Waals surface area contributed by atoms with Crippen molar-refractivity contribution < 1.29 is 14.7 Å². The summed E-state index contributed by atoms with van der Waals surface area (Å²) in [4.78, 5) is 24.7. The average molecular weight is 248 g/mol. The molecule has 0 bridgehead atoms. The number of hydrogen-bond donors (Lipinski definition) is 2. The van der Waals surface area contributed by atoms with E-state index < -0.39 is 5.97 Å². The Balaban J connectivity index is 2.29. The molecule has 1 atom stereocenters. The standard InChI is InChI=1S/C13H16N2O3/c1-8(14-2)12(16)15-6-5-9-7-10(13(17)18)3-4-11(9)15/h3-4,7-8,14H,5-6H2,1-2H3,(H,17,18). The molecule has 2 rings (SSSR count). The maximum absolute atomic E-state index is 12.1. The Bertz CT molecular complexity index is 499. The van der Waals surface area contributed by atoms with E-state index >= 15 is 0 Å². The highest BCUT2D eigenvalue weighted by atomic mass is 16.4. The fraction of sp³-hybridized carbons (Fsp3) is 0.385. The van der Waals surface area contributed by atoms with Crippen molar-refractivity contribution in [3.05, 3.63) is 29.3 Å². The van der Waals surface area contributed by atoms with E-state index in [1.165, 1.54) is 6.07 Å². The lowest BCUT2D eigenvalue weighted by Crippen LogP contribution is -2.42. The molecule has 18 heavy (non-hydrogen) atoms. The van der Waals surface area contributed by atoms with Gasteiger partial charge in [0.05, 0.1) is 11.6 Å². The quantitative estimate of drug-likeness (QED) is 0.833. The van der Waals surface area contributed by atoms with Gasteiger partial charge in [0, 0.05) is 12.2 Å². The molecule has 2 N–H and O–H groups in total. The van der Waals surface area contributed by atoms with E-state index in [4.69, 9.17) is 5.11 Å². The van der Waals surface area contributed by atoms with Gasteiger partial charge in [0.1, 0.15) is 0 Å². The van der Waals surface area contributed by atoms with Crippen LogP contribution in [0.1, 0.15) is 22.8 Å². The van der Waals surface area contributed by atoms with Gasteiger partial charge >= 0.3 is 5.97 Å². The van der Waals surface area contributed by atoms with Gasteiger partial charge in [-0.05, 0) is 44.2 Å². The Kier molecular flexibility index (Phi) is 3.34. The lowest BCUT2D eigenvalue weighted by Gasteiger charge is -2.21. The zero-order valence-corrected chi connectivity index (χ0v) is 10.4. The third-order valence-electron chi connectivity index (χ3n) is 3.29. The zero-order chi connectivity index (χ0) is 13.3. The van der Waals surface area contributed by atoms with E-state index in [9.17, 15) is 9.59 Å². The monoisotopic (exact) mass is 248 g/mol. The first kappa shape index (κ1) is 12.6. The molecule has 1 aliphatic heterocycles. The summed E-state index contributed by atoms with van der Waals surface area (Å²) in [7, 11) is 1.74. The molecule has 0 saturated heterocycles. The number of nitrogens with one attached hydrogen (secondary N) is 1. The Hall–Kier alpha value is -1.88. The van der Waals surface area contributed by atoms with Crippen LogP contribution in [0.5, 0.6) is 0 Å². The fourth-order valence-corrected chi connectivity index (χ4v) is 2.12. The molecule has 1 amide bonds. The number of carboxylic acid groups (broad SMARTS) is 1. The maximum Gasteiger partial charge on any atom is 0.335 e. The van der Waals surface area contributed by atoms with Crippen LogP contribution in [0.2, 0.25) is 0 Å². The number of rotatable bonds is 3. The molecular weight excluding hydrogens is 232 g/mol. The number of hydrogen-bond acceptors (Lipinski definition) is 3. The predicted molar refractivity (Wildman–Crippen MR) is 68.0 cm³/mol. The van der Waals surface area contributed by atoms with E-state index in [0.717, 1.165) is 11.3 Å². The summed E-state index contributed by atoms with van der Waals surface area (Å²) in [5.74, 6) is -0.925. The summed E-state index contributed by atoms with van der Waals surface area (Å²) in [5.41, 5.74) is 2.02. The van der Waals surface area contributed by atoms with Gasteiger partial charge in [-0.15, -0.1) is 0 Å². The smallest absolute Gasteiger partial charge is 0.335 e. The van der Waals surface area contributed by atoms with Crippen LogP contribution >= 0.6 is 0 Å². The second-order valence-electron chi connectivity index (χ2n) is 4.40. The molecule has 0 fully saturated rings. The highest BCUT2D eigenvalue weighted by Gasteiger charge is 2.27. The lowest BCUT2D eigenvalue weighted by atomic mass is 10.1. The van der Waals surface area contributed by atoms with E-state index in [1.54, 1.807) is 24.1 Å². The van der Waals surface area contributed by atoms with Crippen LogP contribution in [0.25, 0.3) is 0 Å². The number of nitrogens with zero attached hydrogens (tertiary/aromatic N) is 1. The Morgan fingerprint density at radius 2 is 2.17 bits per heavy atom. The van der Waals surface area contributed by atoms with Crippen LogP contribution in [-0.2, 0) is 11.2 Å². The van der Waals surface area contributed by atoms with Crippen molar-refractivity contribution in [2.45, 2.75) is 19.4 Å². The number of anilines is 1. The molecule has 1 aromatic carbocycles. The van der Waals surface area contributed by atoms with Crippen LogP contribution in [0.15, 0.2) is 18.2 Å². The second kappa shape index (κ2) is 4.78. The molecule has 0 saturated carbocycles. The number of carbonyl (C=O) groups excluding carboxylic acids is 1. The normalized spacial score (nSPS) is 15.3. The first-order valence-corrected chi connectivity index (χ1v) is 5.89. The highest BCUT2D eigenvalue weighted by Crippen LogP contribution is 2.29. The van der Waals surface area contributed by atoms with E-state index in [0.29, 0.717) is 13.0 Å². The lowest BCUT2D eigenvalue weighted by molar-refractivity contribution is -0.120. The second-order valence-corrected chi connectivity index (χ2v) is 4.40. The average Bonchev–Trinajstić information content (AvgIpc) is 2.79.